The molecule has 0 aliphatic rings. The molecule has 1 rings (SSSR count). The number of aromatic nitrogens is 1. The molecule has 19 heavy (non-hydrogen) atoms. The van der Waals surface area contributed by atoms with Crippen LogP contribution in [0, 0.1) is 11.6 Å². The van der Waals surface area contributed by atoms with Crippen molar-refractivity contribution in [3.05, 3.63) is 17.7 Å². The summed E-state index contributed by atoms with van der Waals surface area (Å²) < 4.78 is 26.6. The van der Waals surface area contributed by atoms with Crippen LogP contribution in [0.4, 0.5) is 14.6 Å². The molecule has 0 fully saturated rings. The van der Waals surface area contributed by atoms with Crippen LogP contribution >= 0.6 is 11.8 Å². The van der Waals surface area contributed by atoms with E-state index >= 15 is 0 Å². The van der Waals surface area contributed by atoms with Crippen LogP contribution in [0.5, 0.6) is 0 Å². The van der Waals surface area contributed by atoms with Gasteiger partial charge in [-0.3, -0.25) is 4.79 Å². The van der Waals surface area contributed by atoms with Gasteiger partial charge in [0.1, 0.15) is 5.03 Å². The Morgan fingerprint density at radius 2 is 2.05 bits per heavy atom. The summed E-state index contributed by atoms with van der Waals surface area (Å²) in [6, 6.07) is 0.687. The number of halogens is 2. The van der Waals surface area contributed by atoms with Crippen LogP contribution in [0.2, 0.25) is 0 Å². The van der Waals surface area contributed by atoms with Gasteiger partial charge in [-0.05, 0) is 13.8 Å². The van der Waals surface area contributed by atoms with E-state index in [4.69, 9.17) is 5.84 Å². The first-order chi connectivity index (χ1) is 9.03. The third-order valence-electron chi connectivity index (χ3n) is 2.48. The highest BCUT2D eigenvalue weighted by molar-refractivity contribution is 7.99. The summed E-state index contributed by atoms with van der Waals surface area (Å²) in [7, 11) is 0. The third-order valence-corrected chi connectivity index (χ3v) is 3.43. The van der Waals surface area contributed by atoms with E-state index in [0.29, 0.717) is 19.2 Å². The molecule has 0 aliphatic heterocycles. The molecule has 1 amide bonds. The molecule has 0 atom stereocenters. The molecule has 3 N–H and O–H groups in total. The van der Waals surface area contributed by atoms with Crippen molar-refractivity contribution >= 4 is 23.5 Å². The second-order valence-electron chi connectivity index (χ2n) is 3.60. The van der Waals surface area contributed by atoms with Crippen molar-refractivity contribution in [2.24, 2.45) is 5.84 Å². The number of hydrogen-bond acceptors (Lipinski definition) is 5. The molecule has 106 valence electrons. The van der Waals surface area contributed by atoms with Crippen LogP contribution in [0.25, 0.3) is 0 Å². The molecule has 0 saturated carbocycles. The molecular formula is C11H16F2N4OS. The quantitative estimate of drug-likeness (QED) is 0.473. The highest BCUT2D eigenvalue weighted by atomic mass is 32.2. The second kappa shape index (κ2) is 7.25. The summed E-state index contributed by atoms with van der Waals surface area (Å²) in [5.74, 6) is 3.04. The maximum atomic E-state index is 13.5. The zero-order valence-corrected chi connectivity index (χ0v) is 11.6. The third kappa shape index (κ3) is 4.03. The summed E-state index contributed by atoms with van der Waals surface area (Å²) in [6.45, 7) is 4.90. The van der Waals surface area contributed by atoms with E-state index in [0.717, 1.165) is 11.8 Å². The summed E-state index contributed by atoms with van der Waals surface area (Å²) in [5.41, 5.74) is 2.03. The lowest BCUT2D eigenvalue weighted by Gasteiger charge is -2.18. The molecule has 1 aromatic heterocycles. The first-order valence-electron chi connectivity index (χ1n) is 5.76. The number of rotatable bonds is 6. The Hall–Kier alpha value is -1.41. The van der Waals surface area contributed by atoms with Crippen molar-refractivity contribution in [2.75, 3.05) is 24.3 Å². The van der Waals surface area contributed by atoms with Gasteiger partial charge in [-0.1, -0.05) is 11.8 Å². The molecule has 0 aromatic carbocycles. The van der Waals surface area contributed by atoms with Gasteiger partial charge in [0.05, 0.1) is 5.75 Å². The fourth-order valence-electron chi connectivity index (χ4n) is 1.45. The van der Waals surface area contributed by atoms with Crippen LogP contribution < -0.4 is 11.3 Å². The minimum atomic E-state index is -0.876. The zero-order chi connectivity index (χ0) is 14.4. The Kier molecular flexibility index (Phi) is 5.97. The van der Waals surface area contributed by atoms with Crippen molar-refractivity contribution in [2.45, 2.75) is 18.9 Å². The van der Waals surface area contributed by atoms with Gasteiger partial charge in [0.2, 0.25) is 5.91 Å². The lowest BCUT2D eigenvalue weighted by atomic mass is 10.4. The van der Waals surface area contributed by atoms with Crippen LogP contribution in [0.1, 0.15) is 13.8 Å². The van der Waals surface area contributed by atoms with Crippen LogP contribution in [0.3, 0.4) is 0 Å². The SMILES string of the molecule is CCN(CC)C(=O)CSc1nc(NN)c(F)cc1F. The lowest BCUT2D eigenvalue weighted by Crippen LogP contribution is -2.31. The number of amides is 1. The first-order valence-corrected chi connectivity index (χ1v) is 6.75. The summed E-state index contributed by atoms with van der Waals surface area (Å²) in [4.78, 5) is 17.1. The zero-order valence-electron chi connectivity index (χ0n) is 10.7. The van der Waals surface area contributed by atoms with Crippen molar-refractivity contribution in [1.29, 1.82) is 0 Å². The number of nitrogens with zero attached hydrogens (tertiary/aromatic N) is 2. The Morgan fingerprint density at radius 1 is 1.42 bits per heavy atom. The van der Waals surface area contributed by atoms with E-state index in [2.05, 4.69) is 4.98 Å². The van der Waals surface area contributed by atoms with Gasteiger partial charge in [-0.15, -0.1) is 0 Å². The number of carbonyl (C=O) groups is 1. The maximum absolute atomic E-state index is 13.5. The minimum absolute atomic E-state index is 0.0429. The Morgan fingerprint density at radius 3 is 2.58 bits per heavy atom. The van der Waals surface area contributed by atoms with Gasteiger partial charge in [0.15, 0.2) is 17.5 Å². The number of carbonyl (C=O) groups excluding carboxylic acids is 1. The number of nitrogen functional groups attached to an aromatic ring is 1. The Bertz CT molecular complexity index is 455. The van der Waals surface area contributed by atoms with E-state index < -0.39 is 11.6 Å². The van der Waals surface area contributed by atoms with Gasteiger partial charge < -0.3 is 10.3 Å². The average molecular weight is 290 g/mol. The molecule has 1 aromatic rings. The summed E-state index contributed by atoms with van der Waals surface area (Å²) in [5, 5.41) is -0.0603. The lowest BCUT2D eigenvalue weighted by molar-refractivity contribution is -0.127. The molecule has 1 heterocycles. The molecule has 0 spiro atoms. The average Bonchev–Trinajstić information content (AvgIpc) is 2.39. The Balaban J connectivity index is 2.75. The molecule has 0 radical (unpaired) electrons. The van der Waals surface area contributed by atoms with E-state index in [9.17, 15) is 13.6 Å². The van der Waals surface area contributed by atoms with Gasteiger partial charge >= 0.3 is 0 Å². The highest BCUT2D eigenvalue weighted by Gasteiger charge is 2.15. The number of pyridine rings is 1. The van der Waals surface area contributed by atoms with Crippen molar-refractivity contribution in [1.82, 2.24) is 9.88 Å². The van der Waals surface area contributed by atoms with E-state index in [1.807, 2.05) is 19.3 Å². The number of hydrazine groups is 1. The standard InChI is InChI=1S/C11H16F2N4OS/c1-3-17(4-2)9(18)6-19-11-8(13)5-7(12)10(15-11)16-14/h5H,3-4,6,14H2,1-2H3,(H,15,16). The van der Waals surface area contributed by atoms with Crippen molar-refractivity contribution in [3.63, 3.8) is 0 Å². The minimum Gasteiger partial charge on any atom is -0.343 e. The first kappa shape index (κ1) is 15.6. The number of anilines is 1. The predicted molar refractivity (Wildman–Crippen MR) is 70.6 cm³/mol. The number of hydrogen-bond donors (Lipinski definition) is 2. The van der Waals surface area contributed by atoms with Crippen LogP contribution in [-0.4, -0.2) is 34.6 Å². The molecule has 5 nitrogen and oxygen atoms in total. The predicted octanol–water partition coefficient (Wildman–Crippen LogP) is 1.61. The fraction of sp³-hybridized carbons (Fsp3) is 0.455. The summed E-state index contributed by atoms with van der Waals surface area (Å²) >= 11 is 0.913. The Labute approximate surface area is 114 Å². The van der Waals surface area contributed by atoms with Crippen LogP contribution in [0.15, 0.2) is 11.1 Å². The van der Waals surface area contributed by atoms with Crippen LogP contribution in [-0.2, 0) is 4.79 Å². The number of thioether (sulfide) groups is 1. The maximum Gasteiger partial charge on any atom is 0.232 e. The van der Waals surface area contributed by atoms with E-state index in [1.165, 1.54) is 0 Å². The van der Waals surface area contributed by atoms with Gasteiger partial charge in [0, 0.05) is 19.2 Å². The molecule has 8 heteroatoms. The normalized spacial score (nSPS) is 10.4. The van der Waals surface area contributed by atoms with Crippen molar-refractivity contribution in [3.8, 4) is 0 Å². The topological polar surface area (TPSA) is 71.2 Å². The molecule has 0 saturated heterocycles. The molecule has 0 bridgehead atoms. The molecule has 0 aliphatic carbocycles. The number of nitrogens with two attached hydrogens (primary N) is 1. The highest BCUT2D eigenvalue weighted by Crippen LogP contribution is 2.23. The van der Waals surface area contributed by atoms with E-state index in [-0.39, 0.29) is 22.5 Å². The van der Waals surface area contributed by atoms with Crippen molar-refractivity contribution < 1.29 is 13.6 Å². The molecule has 0 unspecified atom stereocenters. The largest absolute Gasteiger partial charge is 0.343 e. The summed E-state index contributed by atoms with van der Waals surface area (Å²) in [6.07, 6.45) is 0. The smallest absolute Gasteiger partial charge is 0.232 e. The van der Waals surface area contributed by atoms with Gasteiger partial charge in [0.25, 0.3) is 0 Å². The van der Waals surface area contributed by atoms with Gasteiger partial charge in [-0.2, -0.15) is 0 Å². The molecular weight excluding hydrogens is 274 g/mol. The number of nitrogens with one attached hydrogen (secondary N) is 1. The van der Waals surface area contributed by atoms with E-state index in [1.54, 1.807) is 4.90 Å². The van der Waals surface area contributed by atoms with Gasteiger partial charge in [-0.25, -0.2) is 19.6 Å². The second-order valence-corrected chi connectivity index (χ2v) is 4.57. The fourth-order valence-corrected chi connectivity index (χ4v) is 2.25. The monoisotopic (exact) mass is 290 g/mol.